The third-order valence-electron chi connectivity index (χ3n) is 9.27. The molecule has 5 aromatic carbocycles. The number of anilines is 1. The molecule has 2 aliphatic heterocycles. The molecular weight excluding hydrogens is 707 g/mol. The van der Waals surface area contributed by atoms with E-state index < -0.39 is 17.7 Å². The van der Waals surface area contributed by atoms with Crippen molar-refractivity contribution in [3.63, 3.8) is 0 Å². The average molecular weight is 742 g/mol. The fourth-order valence-electron chi connectivity index (χ4n) is 6.80. The Kier molecular flexibility index (Phi) is 9.59. The minimum absolute atomic E-state index is 0.00216. The minimum atomic E-state index is -1.02. The molecule has 9 nitrogen and oxygen atoms in total. The van der Waals surface area contributed by atoms with E-state index in [4.69, 9.17) is 14.2 Å². The topological polar surface area (TPSA) is 111 Å². The van der Waals surface area contributed by atoms with Gasteiger partial charge in [-0.15, -0.1) is 10.2 Å². The molecule has 0 bridgehead atoms. The van der Waals surface area contributed by atoms with Gasteiger partial charge >= 0.3 is 5.91 Å². The molecule has 1 fully saturated rings. The monoisotopic (exact) mass is 741 g/mol. The van der Waals surface area contributed by atoms with Crippen LogP contribution < -0.4 is 19.1 Å². The predicted molar refractivity (Wildman–Crippen MR) is 207 cm³/mol. The number of Topliss-reactive ketones (excluding diaryl/α,β-unsaturated/α-hetero) is 1. The Labute approximate surface area is 314 Å². The van der Waals surface area contributed by atoms with Crippen LogP contribution in [0.5, 0.6) is 17.2 Å². The number of carbonyl (C=O) groups excluding carboxylic acids is 2. The highest BCUT2D eigenvalue weighted by Gasteiger charge is 2.48. The Morgan fingerprint density at radius 2 is 1.74 bits per heavy atom. The summed E-state index contributed by atoms with van der Waals surface area (Å²) in [4.78, 5) is 29.4. The highest BCUT2D eigenvalue weighted by atomic mass is 32.2. The van der Waals surface area contributed by atoms with Crippen molar-refractivity contribution in [2.24, 2.45) is 0 Å². The summed E-state index contributed by atoms with van der Waals surface area (Å²) in [6, 6.07) is 33.8. The second kappa shape index (κ2) is 14.8. The van der Waals surface area contributed by atoms with Crippen molar-refractivity contribution in [1.29, 1.82) is 0 Å². The van der Waals surface area contributed by atoms with Gasteiger partial charge in [-0.05, 0) is 77.2 Å². The van der Waals surface area contributed by atoms with Gasteiger partial charge in [-0.25, -0.2) is 0 Å². The molecule has 266 valence electrons. The summed E-state index contributed by atoms with van der Waals surface area (Å²) in [7, 11) is 0. The third kappa shape index (κ3) is 6.85. The van der Waals surface area contributed by atoms with E-state index in [2.05, 4.69) is 34.5 Å². The van der Waals surface area contributed by atoms with Crippen molar-refractivity contribution in [2.45, 2.75) is 49.1 Å². The van der Waals surface area contributed by atoms with Crippen molar-refractivity contribution >= 4 is 56.5 Å². The van der Waals surface area contributed by atoms with Crippen LogP contribution in [0.15, 0.2) is 119 Å². The molecule has 1 saturated heterocycles. The van der Waals surface area contributed by atoms with Gasteiger partial charge in [0.05, 0.1) is 18.2 Å². The van der Waals surface area contributed by atoms with Crippen molar-refractivity contribution in [1.82, 2.24) is 10.2 Å². The zero-order valence-corrected chi connectivity index (χ0v) is 30.7. The molecule has 6 aromatic rings. The normalized spacial score (nSPS) is 17.6. The lowest BCUT2D eigenvalue weighted by Crippen LogP contribution is -2.29. The summed E-state index contributed by atoms with van der Waals surface area (Å²) < 4.78 is 18.7. The van der Waals surface area contributed by atoms with Crippen molar-refractivity contribution in [3.8, 4) is 17.2 Å². The van der Waals surface area contributed by atoms with Gasteiger partial charge in [-0.3, -0.25) is 14.5 Å². The van der Waals surface area contributed by atoms with Gasteiger partial charge < -0.3 is 19.3 Å². The predicted octanol–water partition coefficient (Wildman–Crippen LogP) is 8.91. The van der Waals surface area contributed by atoms with Crippen LogP contribution in [0.4, 0.5) is 5.13 Å². The first-order valence-electron chi connectivity index (χ1n) is 17.3. The number of nitrogens with zero attached hydrogens (tertiary/aromatic N) is 3. The highest BCUT2D eigenvalue weighted by Crippen LogP contribution is 2.46. The van der Waals surface area contributed by atoms with Gasteiger partial charge in [0, 0.05) is 17.7 Å². The number of aliphatic hydroxyl groups excluding tert-OH is 1. The molecule has 0 spiro atoms. The first-order chi connectivity index (χ1) is 25.9. The molecule has 1 amide bonds. The third-order valence-corrected chi connectivity index (χ3v) is 11.4. The first-order valence-corrected chi connectivity index (χ1v) is 19.2. The lowest BCUT2D eigenvalue weighted by atomic mass is 9.94. The van der Waals surface area contributed by atoms with E-state index >= 15 is 0 Å². The molecule has 8 rings (SSSR count). The van der Waals surface area contributed by atoms with E-state index in [1.165, 1.54) is 28.0 Å². The van der Waals surface area contributed by atoms with Gasteiger partial charge in [0.15, 0.2) is 15.8 Å². The summed E-state index contributed by atoms with van der Waals surface area (Å²) in [5.41, 5.74) is 3.97. The number of rotatable bonds is 11. The van der Waals surface area contributed by atoms with Crippen molar-refractivity contribution in [2.75, 3.05) is 11.5 Å². The first kappa shape index (κ1) is 34.4. The summed E-state index contributed by atoms with van der Waals surface area (Å²) >= 11 is 2.73. The SMILES string of the molecule is CCOc1cc(C2C(=C(O)c3ccc4c(c3)CC(C)O4)C(=O)C(=O)N2c2nnc(SCc3cccc4ccccc34)s2)ccc1OCc1ccccc1. The maximum atomic E-state index is 14.0. The summed E-state index contributed by atoms with van der Waals surface area (Å²) in [5.74, 6) is 0.419. The number of hydrogen-bond acceptors (Lipinski definition) is 10. The standard InChI is InChI=1S/C42H35N3O6S2/c1-3-49-35-22-28(16-19-34(35)50-23-26-10-5-4-6-11-26)37-36(38(46)29-17-18-33-31(21-29)20-25(2)51-33)39(47)40(48)45(37)41-43-44-42(53-41)52-24-30-14-9-13-27-12-7-8-15-32(27)30/h4-19,21-22,25,37,46H,3,20,23-24H2,1-2H3. The zero-order valence-electron chi connectivity index (χ0n) is 29.0. The number of thioether (sulfide) groups is 1. The Morgan fingerprint density at radius 1 is 0.925 bits per heavy atom. The molecule has 1 N–H and O–H groups in total. The number of fused-ring (bicyclic) bond motifs is 2. The lowest BCUT2D eigenvalue weighted by Gasteiger charge is -2.24. The highest BCUT2D eigenvalue weighted by molar-refractivity contribution is 8.00. The molecule has 53 heavy (non-hydrogen) atoms. The van der Waals surface area contributed by atoms with E-state index in [9.17, 15) is 14.7 Å². The molecule has 0 radical (unpaired) electrons. The number of ketones is 1. The number of aromatic nitrogens is 2. The van der Waals surface area contributed by atoms with Gasteiger partial charge in [-0.1, -0.05) is 102 Å². The van der Waals surface area contributed by atoms with Gasteiger partial charge in [0.25, 0.3) is 5.78 Å². The van der Waals surface area contributed by atoms with Crippen molar-refractivity contribution in [3.05, 3.63) is 143 Å². The Morgan fingerprint density at radius 3 is 2.58 bits per heavy atom. The number of carbonyl (C=O) groups is 2. The molecule has 2 unspecified atom stereocenters. The number of benzene rings is 5. The summed E-state index contributed by atoms with van der Waals surface area (Å²) in [6.45, 7) is 4.53. The van der Waals surface area contributed by atoms with E-state index in [0.29, 0.717) is 52.4 Å². The van der Waals surface area contributed by atoms with E-state index in [1.807, 2.05) is 68.4 Å². The molecule has 0 saturated carbocycles. The Bertz CT molecular complexity index is 2370. The van der Waals surface area contributed by atoms with Crippen molar-refractivity contribution < 1.29 is 28.9 Å². The molecule has 2 aliphatic rings. The second-order valence-electron chi connectivity index (χ2n) is 12.8. The quantitative estimate of drug-likeness (QED) is 0.0458. The largest absolute Gasteiger partial charge is 0.507 e. The van der Waals surface area contributed by atoms with E-state index in [-0.39, 0.29) is 22.6 Å². The van der Waals surface area contributed by atoms with Crippen LogP contribution in [0.1, 0.15) is 47.7 Å². The maximum absolute atomic E-state index is 14.0. The summed E-state index contributed by atoms with van der Waals surface area (Å²) in [6.07, 6.45) is 0.665. The van der Waals surface area contributed by atoms with E-state index in [1.54, 1.807) is 30.3 Å². The molecule has 1 aromatic heterocycles. The van der Waals surface area contributed by atoms with Crippen LogP contribution in [0.3, 0.4) is 0 Å². The Hall–Kier alpha value is -5.65. The number of amides is 1. The average Bonchev–Trinajstić information content (AvgIpc) is 3.88. The van der Waals surface area contributed by atoms with Crippen LogP contribution in [0.25, 0.3) is 16.5 Å². The minimum Gasteiger partial charge on any atom is -0.507 e. The molecular formula is C42H35N3O6S2. The summed E-state index contributed by atoms with van der Waals surface area (Å²) in [5, 5.41) is 23.3. The maximum Gasteiger partial charge on any atom is 0.301 e. The van der Waals surface area contributed by atoms with Gasteiger partial charge in [0.2, 0.25) is 5.13 Å². The van der Waals surface area contributed by atoms with Crippen LogP contribution in [-0.4, -0.2) is 39.7 Å². The zero-order chi connectivity index (χ0) is 36.5. The van der Waals surface area contributed by atoms with Crippen LogP contribution in [-0.2, 0) is 28.4 Å². The van der Waals surface area contributed by atoms with Crippen LogP contribution in [0.2, 0.25) is 0 Å². The number of hydrogen-bond donors (Lipinski definition) is 1. The molecule has 2 atom stereocenters. The second-order valence-corrected chi connectivity index (χ2v) is 15.0. The molecule has 11 heteroatoms. The van der Waals surface area contributed by atoms with Crippen LogP contribution >= 0.6 is 23.1 Å². The number of aliphatic hydroxyl groups is 1. The smallest absolute Gasteiger partial charge is 0.301 e. The molecule has 0 aliphatic carbocycles. The fraction of sp³-hybridized carbons (Fsp3) is 0.190. The fourth-order valence-corrected chi connectivity index (χ4v) is 8.68. The van der Waals surface area contributed by atoms with E-state index in [0.717, 1.165) is 33.2 Å². The van der Waals surface area contributed by atoms with Gasteiger partial charge in [-0.2, -0.15) is 0 Å². The van der Waals surface area contributed by atoms with Gasteiger partial charge in [0.1, 0.15) is 24.2 Å². The Balaban J connectivity index is 1.17. The number of ether oxygens (including phenoxy) is 3. The molecule has 3 heterocycles. The van der Waals surface area contributed by atoms with Crippen LogP contribution in [0, 0.1) is 0 Å². The lowest BCUT2D eigenvalue weighted by molar-refractivity contribution is -0.132.